The van der Waals surface area contributed by atoms with Crippen molar-refractivity contribution in [2.45, 2.75) is 12.5 Å². The van der Waals surface area contributed by atoms with E-state index in [9.17, 15) is 0 Å². The molecule has 0 aliphatic heterocycles. The van der Waals surface area contributed by atoms with E-state index in [4.69, 9.17) is 5.73 Å². The maximum atomic E-state index is 6.14. The number of hydrogen-bond acceptors (Lipinski definition) is 2. The van der Waals surface area contributed by atoms with Gasteiger partial charge in [0.25, 0.3) is 0 Å². The van der Waals surface area contributed by atoms with Gasteiger partial charge in [-0.2, -0.15) is 0 Å². The lowest BCUT2D eigenvalue weighted by Gasteiger charge is -2.11. The van der Waals surface area contributed by atoms with Gasteiger partial charge < -0.3 is 5.73 Å². The van der Waals surface area contributed by atoms with E-state index in [0.717, 1.165) is 22.2 Å². The van der Waals surface area contributed by atoms with Crippen LogP contribution in [0.1, 0.15) is 17.3 Å². The Balaban J connectivity index is 2.12. The van der Waals surface area contributed by atoms with Crippen LogP contribution in [0.3, 0.4) is 0 Å². The Morgan fingerprint density at radius 2 is 2.06 bits per heavy atom. The first-order chi connectivity index (χ1) is 7.75. The summed E-state index contributed by atoms with van der Waals surface area (Å²) in [5, 5.41) is 0. The molecule has 0 amide bonds. The van der Waals surface area contributed by atoms with Gasteiger partial charge in [0.15, 0.2) is 0 Å². The van der Waals surface area contributed by atoms with E-state index >= 15 is 0 Å². The van der Waals surface area contributed by atoms with Crippen molar-refractivity contribution in [3.63, 3.8) is 0 Å². The summed E-state index contributed by atoms with van der Waals surface area (Å²) < 4.78 is 1.06. The molecule has 0 saturated heterocycles. The highest BCUT2D eigenvalue weighted by atomic mass is 79.9. The zero-order chi connectivity index (χ0) is 11.4. The Bertz CT molecular complexity index is 456. The molecule has 0 radical (unpaired) electrons. The van der Waals surface area contributed by atoms with E-state index in [0.29, 0.717) is 0 Å². The number of halogens is 1. The summed E-state index contributed by atoms with van der Waals surface area (Å²) in [5.41, 5.74) is 8.28. The van der Waals surface area contributed by atoms with Crippen LogP contribution in [0.2, 0.25) is 0 Å². The van der Waals surface area contributed by atoms with Crippen molar-refractivity contribution < 1.29 is 0 Å². The van der Waals surface area contributed by atoms with E-state index in [1.165, 1.54) is 0 Å². The van der Waals surface area contributed by atoms with Gasteiger partial charge in [0.2, 0.25) is 0 Å². The van der Waals surface area contributed by atoms with Gasteiger partial charge in [-0.25, -0.2) is 0 Å². The minimum absolute atomic E-state index is 0.00704. The number of benzene rings is 1. The molecule has 1 heterocycles. The molecule has 0 spiro atoms. The van der Waals surface area contributed by atoms with Crippen LogP contribution in [-0.4, -0.2) is 4.98 Å². The highest BCUT2D eigenvalue weighted by molar-refractivity contribution is 9.10. The fourth-order valence-corrected chi connectivity index (χ4v) is 2.02. The third kappa shape index (κ3) is 2.90. The minimum Gasteiger partial charge on any atom is -0.324 e. The Morgan fingerprint density at radius 1 is 1.19 bits per heavy atom. The molecule has 0 saturated carbocycles. The van der Waals surface area contributed by atoms with Crippen LogP contribution >= 0.6 is 15.9 Å². The van der Waals surface area contributed by atoms with Gasteiger partial charge in [0, 0.05) is 28.8 Å². The van der Waals surface area contributed by atoms with Crippen LogP contribution in [0, 0.1) is 0 Å². The van der Waals surface area contributed by atoms with E-state index in [1.54, 1.807) is 6.20 Å². The number of nitrogens with zero attached hydrogens (tertiary/aromatic N) is 1. The molecular formula is C13H13BrN2. The third-order valence-electron chi connectivity index (χ3n) is 2.43. The molecule has 0 bridgehead atoms. The second-order valence-electron chi connectivity index (χ2n) is 3.69. The average molecular weight is 277 g/mol. The second kappa shape index (κ2) is 5.23. The molecule has 0 aliphatic carbocycles. The minimum atomic E-state index is -0.00704. The van der Waals surface area contributed by atoms with Crippen molar-refractivity contribution in [1.29, 1.82) is 0 Å². The van der Waals surface area contributed by atoms with Crippen molar-refractivity contribution in [2.75, 3.05) is 0 Å². The van der Waals surface area contributed by atoms with Gasteiger partial charge in [0.1, 0.15) is 0 Å². The topological polar surface area (TPSA) is 38.9 Å². The summed E-state index contributed by atoms with van der Waals surface area (Å²) in [7, 11) is 0. The zero-order valence-corrected chi connectivity index (χ0v) is 10.4. The molecule has 2 nitrogen and oxygen atoms in total. The first-order valence-electron chi connectivity index (χ1n) is 5.16. The molecule has 1 unspecified atom stereocenters. The molecule has 1 aromatic carbocycles. The predicted molar refractivity (Wildman–Crippen MR) is 69.0 cm³/mol. The molecular weight excluding hydrogens is 264 g/mol. The SMILES string of the molecule is NC(Cc1ccccn1)c1cccc(Br)c1. The lowest BCUT2D eigenvalue weighted by Crippen LogP contribution is -2.13. The maximum absolute atomic E-state index is 6.14. The van der Waals surface area contributed by atoms with E-state index in [1.807, 2.05) is 42.5 Å². The van der Waals surface area contributed by atoms with E-state index in [-0.39, 0.29) is 6.04 Å². The standard InChI is InChI=1S/C13H13BrN2/c14-11-5-3-4-10(8-11)13(15)9-12-6-1-2-7-16-12/h1-8,13H,9,15H2. The van der Waals surface area contributed by atoms with Gasteiger partial charge >= 0.3 is 0 Å². The molecule has 1 atom stereocenters. The summed E-state index contributed by atoms with van der Waals surface area (Å²) in [5.74, 6) is 0. The lowest BCUT2D eigenvalue weighted by molar-refractivity contribution is 0.706. The summed E-state index contributed by atoms with van der Waals surface area (Å²) in [4.78, 5) is 4.27. The quantitative estimate of drug-likeness (QED) is 0.936. The van der Waals surface area contributed by atoms with Gasteiger partial charge in [0.05, 0.1) is 0 Å². The number of pyridine rings is 1. The lowest BCUT2D eigenvalue weighted by atomic mass is 10.0. The largest absolute Gasteiger partial charge is 0.324 e. The van der Waals surface area contributed by atoms with Crippen LogP contribution in [0.4, 0.5) is 0 Å². The molecule has 82 valence electrons. The van der Waals surface area contributed by atoms with Gasteiger partial charge in [-0.1, -0.05) is 34.1 Å². The van der Waals surface area contributed by atoms with Crippen LogP contribution in [0.25, 0.3) is 0 Å². The molecule has 3 heteroatoms. The molecule has 1 aromatic heterocycles. The highest BCUT2D eigenvalue weighted by Crippen LogP contribution is 2.19. The number of rotatable bonds is 3. The first kappa shape index (κ1) is 11.3. The van der Waals surface area contributed by atoms with Gasteiger partial charge in [-0.05, 0) is 29.8 Å². The van der Waals surface area contributed by atoms with Crippen LogP contribution in [0.5, 0.6) is 0 Å². The monoisotopic (exact) mass is 276 g/mol. The smallest absolute Gasteiger partial charge is 0.0422 e. The van der Waals surface area contributed by atoms with Crippen LogP contribution < -0.4 is 5.73 Å². The molecule has 2 aromatic rings. The fourth-order valence-electron chi connectivity index (χ4n) is 1.60. The summed E-state index contributed by atoms with van der Waals surface area (Å²) >= 11 is 3.44. The summed E-state index contributed by atoms with van der Waals surface area (Å²) in [6, 6.07) is 14.0. The molecule has 2 N–H and O–H groups in total. The van der Waals surface area contributed by atoms with Crippen molar-refractivity contribution >= 4 is 15.9 Å². The van der Waals surface area contributed by atoms with Crippen molar-refractivity contribution in [3.05, 3.63) is 64.4 Å². The number of hydrogen-bond donors (Lipinski definition) is 1. The predicted octanol–water partition coefficient (Wildman–Crippen LogP) is 3.09. The maximum Gasteiger partial charge on any atom is 0.0422 e. The fraction of sp³-hybridized carbons (Fsp3) is 0.154. The Labute approximate surface area is 104 Å². The first-order valence-corrected chi connectivity index (χ1v) is 5.96. The molecule has 2 rings (SSSR count). The number of nitrogens with two attached hydrogens (primary N) is 1. The van der Waals surface area contributed by atoms with Gasteiger partial charge in [-0.15, -0.1) is 0 Å². The summed E-state index contributed by atoms with van der Waals surface area (Å²) in [6.07, 6.45) is 2.56. The van der Waals surface area contributed by atoms with E-state index < -0.39 is 0 Å². The van der Waals surface area contributed by atoms with Crippen LogP contribution in [0.15, 0.2) is 53.1 Å². The highest BCUT2D eigenvalue weighted by Gasteiger charge is 2.07. The molecule has 0 fully saturated rings. The average Bonchev–Trinajstić information content (AvgIpc) is 2.30. The molecule has 16 heavy (non-hydrogen) atoms. The normalized spacial score (nSPS) is 12.4. The third-order valence-corrected chi connectivity index (χ3v) is 2.93. The van der Waals surface area contributed by atoms with Crippen LogP contribution in [-0.2, 0) is 6.42 Å². The molecule has 0 aliphatic rings. The van der Waals surface area contributed by atoms with Gasteiger partial charge in [-0.3, -0.25) is 4.98 Å². The zero-order valence-electron chi connectivity index (χ0n) is 8.81. The van der Waals surface area contributed by atoms with E-state index in [2.05, 4.69) is 20.9 Å². The Kier molecular flexibility index (Phi) is 3.70. The Hall–Kier alpha value is -1.19. The summed E-state index contributed by atoms with van der Waals surface area (Å²) in [6.45, 7) is 0. The van der Waals surface area contributed by atoms with Crippen molar-refractivity contribution in [2.24, 2.45) is 5.73 Å². The Morgan fingerprint density at radius 3 is 2.75 bits per heavy atom. The second-order valence-corrected chi connectivity index (χ2v) is 4.60. The van der Waals surface area contributed by atoms with Crippen molar-refractivity contribution in [1.82, 2.24) is 4.98 Å². The number of aromatic nitrogens is 1. The van der Waals surface area contributed by atoms with Crippen molar-refractivity contribution in [3.8, 4) is 0 Å².